The minimum absolute atomic E-state index is 0.0950. The van der Waals surface area contributed by atoms with E-state index in [0.717, 1.165) is 30.6 Å². The first-order chi connectivity index (χ1) is 13.1. The molecule has 2 aliphatic heterocycles. The van der Waals surface area contributed by atoms with Crippen molar-refractivity contribution in [2.45, 2.75) is 37.3 Å². The molecule has 2 saturated heterocycles. The van der Waals surface area contributed by atoms with Crippen molar-refractivity contribution in [2.24, 2.45) is 0 Å². The number of hydrogen-bond acceptors (Lipinski definition) is 4. The Balaban J connectivity index is 1.28. The molecule has 0 bridgehead atoms. The van der Waals surface area contributed by atoms with Gasteiger partial charge in [0.25, 0.3) is 0 Å². The Morgan fingerprint density at radius 1 is 1.22 bits per heavy atom. The summed E-state index contributed by atoms with van der Waals surface area (Å²) >= 11 is 0. The maximum Gasteiger partial charge on any atom is 0.226 e. The van der Waals surface area contributed by atoms with Crippen LogP contribution in [0.2, 0.25) is 0 Å². The number of rotatable bonds is 4. The lowest BCUT2D eigenvalue weighted by Crippen LogP contribution is -2.47. The number of nitrogens with zero attached hydrogens (tertiary/aromatic N) is 2. The van der Waals surface area contributed by atoms with Crippen molar-refractivity contribution in [1.82, 2.24) is 9.88 Å². The molecule has 1 N–H and O–H groups in total. The zero-order valence-electron chi connectivity index (χ0n) is 15.2. The highest BCUT2D eigenvalue weighted by atomic mass is 19.1. The van der Waals surface area contributed by atoms with E-state index in [1.54, 1.807) is 18.3 Å². The van der Waals surface area contributed by atoms with Crippen LogP contribution in [0, 0.1) is 5.82 Å². The van der Waals surface area contributed by atoms with E-state index >= 15 is 0 Å². The van der Waals surface area contributed by atoms with Gasteiger partial charge in [-0.3, -0.25) is 4.79 Å². The number of carbonyl (C=O) groups excluding carboxylic acids is 1. The van der Waals surface area contributed by atoms with Crippen LogP contribution in [0.15, 0.2) is 48.7 Å². The van der Waals surface area contributed by atoms with E-state index in [1.807, 2.05) is 23.1 Å². The van der Waals surface area contributed by atoms with Crippen LogP contribution in [0.4, 0.5) is 10.2 Å². The number of pyridine rings is 1. The molecule has 5 nitrogen and oxygen atoms in total. The summed E-state index contributed by atoms with van der Waals surface area (Å²) in [6, 6.07) is 12.2. The smallest absolute Gasteiger partial charge is 0.226 e. The maximum absolute atomic E-state index is 13.0. The van der Waals surface area contributed by atoms with Gasteiger partial charge in [0.2, 0.25) is 5.91 Å². The van der Waals surface area contributed by atoms with Crippen molar-refractivity contribution in [3.63, 3.8) is 0 Å². The second-order valence-electron chi connectivity index (χ2n) is 7.44. The molecule has 1 aromatic heterocycles. The van der Waals surface area contributed by atoms with Gasteiger partial charge in [-0.25, -0.2) is 9.37 Å². The largest absolute Gasteiger partial charge is 0.373 e. The molecule has 1 amide bonds. The number of benzene rings is 1. The van der Waals surface area contributed by atoms with Crippen molar-refractivity contribution in [3.8, 4) is 0 Å². The molecular formula is C21H24FN3O2. The Hall–Kier alpha value is -2.47. The molecule has 2 aromatic rings. The fourth-order valence-electron chi connectivity index (χ4n) is 4.00. The summed E-state index contributed by atoms with van der Waals surface area (Å²) in [5.74, 6) is 0.686. The quantitative estimate of drug-likeness (QED) is 0.900. The van der Waals surface area contributed by atoms with Gasteiger partial charge in [-0.1, -0.05) is 18.2 Å². The molecule has 27 heavy (non-hydrogen) atoms. The molecule has 1 aromatic carbocycles. The molecule has 1 spiro atoms. The van der Waals surface area contributed by atoms with Crippen LogP contribution in [0.25, 0.3) is 0 Å². The van der Waals surface area contributed by atoms with E-state index in [-0.39, 0.29) is 23.4 Å². The highest BCUT2D eigenvalue weighted by molar-refractivity contribution is 5.78. The van der Waals surface area contributed by atoms with Gasteiger partial charge in [0.1, 0.15) is 11.6 Å². The number of piperidine rings is 1. The summed E-state index contributed by atoms with van der Waals surface area (Å²) in [7, 11) is 0. The van der Waals surface area contributed by atoms with Crippen LogP contribution < -0.4 is 5.32 Å². The molecule has 4 rings (SSSR count). The molecule has 2 aliphatic rings. The monoisotopic (exact) mass is 369 g/mol. The summed E-state index contributed by atoms with van der Waals surface area (Å²) < 4.78 is 19.2. The van der Waals surface area contributed by atoms with Gasteiger partial charge in [-0.15, -0.1) is 0 Å². The fourth-order valence-corrected chi connectivity index (χ4v) is 4.00. The van der Waals surface area contributed by atoms with Crippen LogP contribution in [0.5, 0.6) is 0 Å². The van der Waals surface area contributed by atoms with E-state index in [4.69, 9.17) is 4.74 Å². The SMILES string of the molecule is O=C(Cc1ccc(F)cc1)N1CCC2(CC1)C[C@@H](Nc1ccccn1)CO2. The average Bonchev–Trinajstić information content (AvgIpc) is 3.07. The number of amides is 1. The Bertz CT molecular complexity index is 774. The number of hydrogen-bond donors (Lipinski definition) is 1. The molecule has 3 heterocycles. The van der Waals surface area contributed by atoms with Crippen molar-refractivity contribution < 1.29 is 13.9 Å². The maximum atomic E-state index is 13.0. The summed E-state index contributed by atoms with van der Waals surface area (Å²) in [6.45, 7) is 2.08. The number of nitrogens with one attached hydrogen (secondary N) is 1. The Morgan fingerprint density at radius 2 is 2.00 bits per heavy atom. The van der Waals surface area contributed by atoms with Crippen LogP contribution in [-0.4, -0.2) is 47.1 Å². The lowest BCUT2D eigenvalue weighted by molar-refractivity contribution is -0.135. The van der Waals surface area contributed by atoms with Crippen LogP contribution in [0.3, 0.4) is 0 Å². The second-order valence-corrected chi connectivity index (χ2v) is 7.44. The highest BCUT2D eigenvalue weighted by Gasteiger charge is 2.43. The normalized spacial score (nSPS) is 21.4. The van der Waals surface area contributed by atoms with E-state index in [9.17, 15) is 9.18 Å². The van der Waals surface area contributed by atoms with Crippen LogP contribution >= 0.6 is 0 Å². The molecule has 142 valence electrons. The summed E-state index contributed by atoms with van der Waals surface area (Å²) in [4.78, 5) is 18.7. The summed E-state index contributed by atoms with van der Waals surface area (Å²) in [5, 5.41) is 3.44. The fraction of sp³-hybridized carbons (Fsp3) is 0.429. The minimum atomic E-state index is -0.279. The van der Waals surface area contributed by atoms with Crippen molar-refractivity contribution >= 4 is 11.7 Å². The number of halogens is 1. The van der Waals surface area contributed by atoms with Gasteiger partial charge >= 0.3 is 0 Å². The van der Waals surface area contributed by atoms with Gasteiger partial charge in [-0.2, -0.15) is 0 Å². The van der Waals surface area contributed by atoms with E-state index < -0.39 is 0 Å². The molecule has 6 heteroatoms. The number of ether oxygens (including phenoxy) is 1. The topological polar surface area (TPSA) is 54.5 Å². The van der Waals surface area contributed by atoms with Crippen LogP contribution in [0.1, 0.15) is 24.8 Å². The Labute approximate surface area is 158 Å². The molecule has 0 unspecified atom stereocenters. The predicted octanol–water partition coefficient (Wildman–Crippen LogP) is 3.03. The number of likely N-dealkylation sites (tertiary alicyclic amines) is 1. The molecule has 0 aliphatic carbocycles. The molecule has 2 fully saturated rings. The van der Waals surface area contributed by atoms with Gasteiger partial charge in [0, 0.05) is 19.3 Å². The predicted molar refractivity (Wildman–Crippen MR) is 101 cm³/mol. The van der Waals surface area contributed by atoms with Gasteiger partial charge in [0.15, 0.2) is 0 Å². The van der Waals surface area contributed by atoms with Gasteiger partial charge in [0.05, 0.1) is 24.7 Å². The number of aromatic nitrogens is 1. The highest BCUT2D eigenvalue weighted by Crippen LogP contribution is 2.36. The second kappa shape index (κ2) is 7.64. The Morgan fingerprint density at radius 3 is 2.70 bits per heavy atom. The van der Waals surface area contributed by atoms with E-state index in [2.05, 4.69) is 10.3 Å². The lowest BCUT2D eigenvalue weighted by Gasteiger charge is -2.38. The van der Waals surface area contributed by atoms with Crippen molar-refractivity contribution in [2.75, 3.05) is 25.0 Å². The molecule has 0 saturated carbocycles. The van der Waals surface area contributed by atoms with Gasteiger partial charge in [-0.05, 0) is 49.1 Å². The summed E-state index contributed by atoms with van der Waals surface area (Å²) in [6.07, 6.45) is 4.73. The third-order valence-corrected chi connectivity index (χ3v) is 5.52. The standard InChI is InChI=1S/C21H24FN3O2/c22-17-6-4-16(5-7-17)13-20(26)25-11-8-21(9-12-25)14-18(15-27-21)24-19-3-1-2-10-23-19/h1-7,10,18H,8-9,11-15H2,(H,23,24)/t18-/m1/s1. The number of carbonyl (C=O) groups is 1. The zero-order chi connectivity index (χ0) is 18.7. The Kier molecular flexibility index (Phi) is 5.07. The molecule has 1 atom stereocenters. The van der Waals surface area contributed by atoms with Crippen molar-refractivity contribution in [3.05, 3.63) is 60.0 Å². The van der Waals surface area contributed by atoms with Crippen LogP contribution in [-0.2, 0) is 16.0 Å². The lowest BCUT2D eigenvalue weighted by atomic mass is 9.87. The van der Waals surface area contributed by atoms with E-state index in [1.165, 1.54) is 12.1 Å². The first-order valence-electron chi connectivity index (χ1n) is 9.46. The average molecular weight is 369 g/mol. The van der Waals surface area contributed by atoms with E-state index in [0.29, 0.717) is 26.1 Å². The number of anilines is 1. The minimum Gasteiger partial charge on any atom is -0.373 e. The molecular weight excluding hydrogens is 345 g/mol. The molecule has 0 radical (unpaired) electrons. The first kappa shape index (κ1) is 17.9. The zero-order valence-corrected chi connectivity index (χ0v) is 15.2. The third-order valence-electron chi connectivity index (χ3n) is 5.52. The first-order valence-corrected chi connectivity index (χ1v) is 9.46. The van der Waals surface area contributed by atoms with Crippen molar-refractivity contribution in [1.29, 1.82) is 0 Å². The van der Waals surface area contributed by atoms with Gasteiger partial charge < -0.3 is 15.0 Å². The third kappa shape index (κ3) is 4.27. The summed E-state index contributed by atoms with van der Waals surface area (Å²) in [5.41, 5.74) is 0.706.